The van der Waals surface area contributed by atoms with Crippen LogP contribution in [0.5, 0.6) is 5.75 Å². The number of fused-ring (bicyclic) bond motifs is 3. The molecule has 250 valence electrons. The summed E-state index contributed by atoms with van der Waals surface area (Å²) in [5.74, 6) is -0.944. The van der Waals surface area contributed by atoms with Crippen LogP contribution < -0.4 is 0 Å². The Hall–Kier alpha value is -2.93. The number of unbranched alkanes of at least 4 members (excludes halogenated alkanes) is 3. The normalized spacial score (nSPS) is 30.0. The van der Waals surface area contributed by atoms with Gasteiger partial charge in [-0.1, -0.05) is 80.3 Å². The van der Waals surface area contributed by atoms with E-state index in [1.807, 2.05) is 30.3 Å². The summed E-state index contributed by atoms with van der Waals surface area (Å²) >= 11 is 0. The summed E-state index contributed by atoms with van der Waals surface area (Å²) in [6.07, 6.45) is 18.9. The van der Waals surface area contributed by atoms with Crippen LogP contribution in [0, 0.1) is 23.7 Å². The molecule has 0 amide bonds. The molecular formula is C40H54O6. The third kappa shape index (κ3) is 8.31. The number of rotatable bonds is 11. The second-order valence-corrected chi connectivity index (χ2v) is 14.4. The van der Waals surface area contributed by atoms with Crippen LogP contribution in [0.3, 0.4) is 0 Å². The van der Waals surface area contributed by atoms with E-state index in [9.17, 15) is 30.3 Å². The second-order valence-electron chi connectivity index (χ2n) is 14.4. The standard InChI is InChI=1S/C40H54O6/c41-26-30-16-15-28(22-30)8-3-1-2-4-10-31-11-6-12-33(27-42)38(39(45)46)40(21-7-14-36(44)25-40)34-13-5-9-29(23-34)24-37(31)32-17-19-35(43)20-18-32/h5-6,9,12-13,17-20,22-23,28,31,33,36-38,41-44H,1-4,7-8,10-11,14-16,21,24-27H2,(H,45,46). The first kappa shape index (κ1) is 34.4. The summed E-state index contributed by atoms with van der Waals surface area (Å²) in [5, 5.41) is 51.6. The molecule has 7 unspecified atom stereocenters. The smallest absolute Gasteiger partial charge is 0.308 e. The van der Waals surface area contributed by atoms with Gasteiger partial charge >= 0.3 is 5.97 Å². The summed E-state index contributed by atoms with van der Waals surface area (Å²) in [6, 6.07) is 16.0. The first-order valence-corrected chi connectivity index (χ1v) is 17.7. The maximum Gasteiger partial charge on any atom is 0.308 e. The molecule has 3 aliphatic carbocycles. The molecule has 0 heterocycles. The summed E-state index contributed by atoms with van der Waals surface area (Å²) in [6.45, 7) is -0.0636. The zero-order chi connectivity index (χ0) is 32.5. The lowest BCUT2D eigenvalue weighted by Gasteiger charge is -2.46. The van der Waals surface area contributed by atoms with Crippen molar-refractivity contribution in [3.63, 3.8) is 0 Å². The van der Waals surface area contributed by atoms with Crippen LogP contribution in [0.2, 0.25) is 0 Å². The van der Waals surface area contributed by atoms with E-state index in [1.54, 1.807) is 12.1 Å². The molecule has 1 spiro atoms. The first-order valence-electron chi connectivity index (χ1n) is 17.7. The van der Waals surface area contributed by atoms with Gasteiger partial charge in [-0.3, -0.25) is 4.79 Å². The minimum Gasteiger partial charge on any atom is -0.508 e. The van der Waals surface area contributed by atoms with E-state index in [-0.39, 0.29) is 24.9 Å². The lowest BCUT2D eigenvalue weighted by atomic mass is 9.57. The van der Waals surface area contributed by atoms with Gasteiger partial charge in [0.25, 0.3) is 0 Å². The van der Waals surface area contributed by atoms with Crippen molar-refractivity contribution in [2.45, 2.75) is 107 Å². The molecule has 0 aliphatic heterocycles. The number of hydrogen-bond acceptors (Lipinski definition) is 5. The Kier molecular flexibility index (Phi) is 12.2. The topological polar surface area (TPSA) is 118 Å². The average molecular weight is 631 g/mol. The Labute approximate surface area is 274 Å². The number of phenolic OH excluding ortho intramolecular Hbond substituents is 1. The molecule has 2 bridgehead atoms. The van der Waals surface area contributed by atoms with Gasteiger partial charge < -0.3 is 25.5 Å². The van der Waals surface area contributed by atoms with E-state index >= 15 is 0 Å². The van der Waals surface area contributed by atoms with Gasteiger partial charge in [0.05, 0.1) is 25.2 Å². The van der Waals surface area contributed by atoms with Gasteiger partial charge in [-0.15, -0.1) is 0 Å². The lowest BCUT2D eigenvalue weighted by molar-refractivity contribution is -0.148. The molecule has 2 aromatic rings. The highest BCUT2D eigenvalue weighted by Crippen LogP contribution is 2.49. The van der Waals surface area contributed by atoms with E-state index in [4.69, 9.17) is 0 Å². The SMILES string of the molecule is O=C(O)C1C(CO)C=CCC(CCCCCCC2C=C(CO)CC2)C(c2ccc(O)cc2)Cc2cccc(c2)C12CCCC(O)C2. The summed E-state index contributed by atoms with van der Waals surface area (Å²) < 4.78 is 0. The van der Waals surface area contributed by atoms with E-state index in [0.717, 1.165) is 56.1 Å². The van der Waals surface area contributed by atoms with Crippen LogP contribution in [0.25, 0.3) is 0 Å². The number of phenols is 1. The number of carboxylic acid groups (broad SMARTS) is 1. The van der Waals surface area contributed by atoms with Crippen LogP contribution >= 0.6 is 0 Å². The highest BCUT2D eigenvalue weighted by Gasteiger charge is 2.50. The molecule has 1 saturated carbocycles. The fourth-order valence-corrected chi connectivity index (χ4v) is 8.96. The molecule has 6 heteroatoms. The molecule has 0 aromatic heterocycles. The van der Waals surface area contributed by atoms with Crippen molar-refractivity contribution < 1.29 is 30.3 Å². The van der Waals surface area contributed by atoms with E-state index < -0.39 is 29.3 Å². The Morgan fingerprint density at radius 1 is 0.957 bits per heavy atom. The Bertz CT molecular complexity index is 1330. The molecule has 5 N–H and O–H groups in total. The zero-order valence-electron chi connectivity index (χ0n) is 27.3. The highest BCUT2D eigenvalue weighted by atomic mass is 16.4. The predicted molar refractivity (Wildman–Crippen MR) is 182 cm³/mol. The summed E-state index contributed by atoms with van der Waals surface area (Å²) in [5.41, 5.74) is 3.72. The van der Waals surface area contributed by atoms with Crippen molar-refractivity contribution in [3.8, 4) is 5.75 Å². The Morgan fingerprint density at radius 2 is 1.74 bits per heavy atom. The monoisotopic (exact) mass is 630 g/mol. The third-order valence-corrected chi connectivity index (χ3v) is 11.3. The van der Waals surface area contributed by atoms with Gasteiger partial charge in [-0.25, -0.2) is 0 Å². The van der Waals surface area contributed by atoms with Gasteiger partial charge in [-0.05, 0) is 116 Å². The number of allylic oxidation sites excluding steroid dienone is 2. The number of aromatic hydroxyl groups is 1. The molecule has 0 radical (unpaired) electrons. The van der Waals surface area contributed by atoms with Crippen LogP contribution in [0.15, 0.2) is 72.3 Å². The number of aliphatic carboxylic acids is 1. The number of aliphatic hydroxyl groups excluding tert-OH is 3. The fraction of sp³-hybridized carbons (Fsp3) is 0.575. The third-order valence-electron chi connectivity index (χ3n) is 11.3. The molecule has 0 saturated heterocycles. The minimum absolute atomic E-state index is 0.193. The van der Waals surface area contributed by atoms with Gasteiger partial charge in [-0.2, -0.15) is 0 Å². The van der Waals surface area contributed by atoms with E-state index in [2.05, 4.69) is 24.3 Å². The van der Waals surface area contributed by atoms with Crippen LogP contribution in [-0.4, -0.2) is 50.8 Å². The second kappa shape index (κ2) is 16.3. The van der Waals surface area contributed by atoms with Crippen molar-refractivity contribution >= 4 is 5.97 Å². The van der Waals surface area contributed by atoms with Crippen molar-refractivity contribution in [2.75, 3.05) is 13.2 Å². The molecule has 46 heavy (non-hydrogen) atoms. The predicted octanol–water partition coefficient (Wildman–Crippen LogP) is 7.45. The largest absolute Gasteiger partial charge is 0.508 e. The molecular weight excluding hydrogens is 576 g/mol. The number of carboxylic acids is 1. The van der Waals surface area contributed by atoms with Crippen molar-refractivity contribution in [3.05, 3.63) is 89.0 Å². The fourth-order valence-electron chi connectivity index (χ4n) is 8.96. The number of carbonyl (C=O) groups is 1. The Balaban J connectivity index is 1.41. The molecule has 1 fully saturated rings. The average Bonchev–Trinajstić information content (AvgIpc) is 3.52. The van der Waals surface area contributed by atoms with Gasteiger partial charge in [0, 0.05) is 11.3 Å². The van der Waals surface area contributed by atoms with Gasteiger partial charge in [0.2, 0.25) is 0 Å². The summed E-state index contributed by atoms with van der Waals surface area (Å²) in [4.78, 5) is 13.0. The van der Waals surface area contributed by atoms with Crippen molar-refractivity contribution in [1.29, 1.82) is 0 Å². The van der Waals surface area contributed by atoms with Crippen LogP contribution in [-0.2, 0) is 16.6 Å². The number of hydrogen-bond donors (Lipinski definition) is 5. The quantitative estimate of drug-likeness (QED) is 0.130. The summed E-state index contributed by atoms with van der Waals surface area (Å²) in [7, 11) is 0. The lowest BCUT2D eigenvalue weighted by Crippen LogP contribution is -2.48. The molecule has 5 rings (SSSR count). The van der Waals surface area contributed by atoms with Gasteiger partial charge in [0.15, 0.2) is 0 Å². The van der Waals surface area contributed by atoms with Gasteiger partial charge in [0.1, 0.15) is 5.75 Å². The maximum atomic E-state index is 13.0. The highest BCUT2D eigenvalue weighted by molar-refractivity contribution is 5.73. The zero-order valence-corrected chi connectivity index (χ0v) is 27.3. The maximum absolute atomic E-state index is 13.0. The van der Waals surface area contributed by atoms with Crippen molar-refractivity contribution in [2.24, 2.45) is 23.7 Å². The van der Waals surface area contributed by atoms with Crippen molar-refractivity contribution in [1.82, 2.24) is 0 Å². The Morgan fingerprint density at radius 3 is 2.43 bits per heavy atom. The molecule has 2 aromatic carbocycles. The minimum atomic E-state index is -0.917. The first-order chi connectivity index (χ1) is 22.3. The van der Waals surface area contributed by atoms with Crippen LogP contribution in [0.4, 0.5) is 0 Å². The number of aliphatic hydroxyl groups is 3. The van der Waals surface area contributed by atoms with E-state index in [0.29, 0.717) is 31.1 Å². The number of benzene rings is 2. The van der Waals surface area contributed by atoms with E-state index in [1.165, 1.54) is 36.8 Å². The molecule has 7 atom stereocenters. The molecule has 3 aliphatic rings. The molecule has 6 nitrogen and oxygen atoms in total. The van der Waals surface area contributed by atoms with Crippen LogP contribution in [0.1, 0.15) is 106 Å².